The van der Waals surface area contributed by atoms with E-state index >= 15 is 0 Å². The smallest absolute Gasteiger partial charge is 0.0572 e. The second kappa shape index (κ2) is 7.60. The molecular formula is C11H23O. The molecule has 0 aromatic carbocycles. The molecule has 1 unspecified atom stereocenters. The van der Waals surface area contributed by atoms with Crippen molar-refractivity contribution in [2.75, 3.05) is 7.11 Å². The molecule has 0 N–H and O–H groups in total. The molecule has 0 fully saturated rings. The zero-order valence-corrected chi connectivity index (χ0v) is 8.81. The molecule has 73 valence electrons. The lowest BCUT2D eigenvalue weighted by Gasteiger charge is -2.08. The summed E-state index contributed by atoms with van der Waals surface area (Å²) in [5.74, 6) is 0.850. The SMILES string of the molecule is [CH2]C(CCCCCC(C)C)OC. The lowest BCUT2D eigenvalue weighted by atomic mass is 10.0. The molecule has 0 aliphatic heterocycles. The fraction of sp³-hybridized carbons (Fsp3) is 0.909. The predicted octanol–water partition coefficient (Wildman–Crippen LogP) is 3.44. The third kappa shape index (κ3) is 8.06. The molecule has 0 saturated heterocycles. The van der Waals surface area contributed by atoms with E-state index in [1.165, 1.54) is 25.7 Å². The van der Waals surface area contributed by atoms with Crippen LogP contribution < -0.4 is 0 Å². The Labute approximate surface area is 77.5 Å². The summed E-state index contributed by atoms with van der Waals surface area (Å²) in [6.07, 6.45) is 6.60. The third-order valence-electron chi connectivity index (χ3n) is 2.14. The summed E-state index contributed by atoms with van der Waals surface area (Å²) in [5, 5.41) is 0. The van der Waals surface area contributed by atoms with E-state index in [0.717, 1.165) is 12.3 Å². The van der Waals surface area contributed by atoms with Gasteiger partial charge in [-0.2, -0.15) is 0 Å². The highest BCUT2D eigenvalue weighted by atomic mass is 16.5. The third-order valence-corrected chi connectivity index (χ3v) is 2.14. The molecule has 1 nitrogen and oxygen atoms in total. The molecular weight excluding hydrogens is 148 g/mol. The molecule has 12 heavy (non-hydrogen) atoms. The number of rotatable bonds is 7. The fourth-order valence-corrected chi connectivity index (χ4v) is 1.22. The molecule has 0 aromatic rings. The molecule has 0 amide bonds. The monoisotopic (exact) mass is 171 g/mol. The maximum atomic E-state index is 5.07. The van der Waals surface area contributed by atoms with Crippen LogP contribution >= 0.6 is 0 Å². The standard InChI is InChI=1S/C11H23O/c1-10(2)8-6-5-7-9-11(3)12-4/h10-11H,3,5-9H2,1-2,4H3. The van der Waals surface area contributed by atoms with Crippen LogP contribution in [0.2, 0.25) is 0 Å². The van der Waals surface area contributed by atoms with Crippen molar-refractivity contribution in [1.82, 2.24) is 0 Å². The molecule has 0 aromatic heterocycles. The normalized spacial score (nSPS) is 13.8. The second-order valence-corrected chi connectivity index (χ2v) is 3.89. The van der Waals surface area contributed by atoms with Crippen LogP contribution in [-0.4, -0.2) is 13.2 Å². The molecule has 0 heterocycles. The molecule has 0 aliphatic rings. The van der Waals surface area contributed by atoms with Crippen molar-refractivity contribution < 1.29 is 4.74 Å². The molecule has 1 radical (unpaired) electrons. The first kappa shape index (κ1) is 12.0. The molecule has 1 atom stereocenters. The van der Waals surface area contributed by atoms with Gasteiger partial charge >= 0.3 is 0 Å². The van der Waals surface area contributed by atoms with Gasteiger partial charge in [0.05, 0.1) is 6.10 Å². The van der Waals surface area contributed by atoms with Crippen LogP contribution in [0.1, 0.15) is 46.0 Å². The number of ether oxygens (including phenoxy) is 1. The summed E-state index contributed by atoms with van der Waals surface area (Å²) in [7, 11) is 1.73. The van der Waals surface area contributed by atoms with Crippen molar-refractivity contribution in [2.24, 2.45) is 5.92 Å². The van der Waals surface area contributed by atoms with Gasteiger partial charge in [0.2, 0.25) is 0 Å². The summed E-state index contributed by atoms with van der Waals surface area (Å²) in [5.41, 5.74) is 0. The van der Waals surface area contributed by atoms with Gasteiger partial charge in [0.1, 0.15) is 0 Å². The predicted molar refractivity (Wildman–Crippen MR) is 54.1 cm³/mol. The minimum atomic E-state index is 0.198. The van der Waals surface area contributed by atoms with Crippen LogP contribution in [0.4, 0.5) is 0 Å². The van der Waals surface area contributed by atoms with Crippen molar-refractivity contribution in [1.29, 1.82) is 0 Å². The zero-order chi connectivity index (χ0) is 9.40. The van der Waals surface area contributed by atoms with E-state index in [9.17, 15) is 0 Å². The van der Waals surface area contributed by atoms with Crippen LogP contribution in [0, 0.1) is 12.8 Å². The second-order valence-electron chi connectivity index (χ2n) is 3.89. The summed E-state index contributed by atoms with van der Waals surface area (Å²) in [6.45, 7) is 8.42. The van der Waals surface area contributed by atoms with Gasteiger partial charge in [0.25, 0.3) is 0 Å². The summed E-state index contributed by atoms with van der Waals surface area (Å²) in [4.78, 5) is 0. The van der Waals surface area contributed by atoms with Gasteiger partial charge in [0.15, 0.2) is 0 Å². The van der Waals surface area contributed by atoms with Crippen LogP contribution in [0.3, 0.4) is 0 Å². The van der Waals surface area contributed by atoms with Gasteiger partial charge in [0, 0.05) is 7.11 Å². The Bertz CT molecular complexity index is 89.0. The Kier molecular flexibility index (Phi) is 7.58. The van der Waals surface area contributed by atoms with E-state index in [0.29, 0.717) is 0 Å². The maximum absolute atomic E-state index is 5.07. The first-order chi connectivity index (χ1) is 5.66. The number of hydrogen-bond donors (Lipinski definition) is 0. The number of unbranched alkanes of at least 4 members (excludes halogenated alkanes) is 2. The first-order valence-corrected chi connectivity index (χ1v) is 5.02. The lowest BCUT2D eigenvalue weighted by Crippen LogP contribution is -2.04. The van der Waals surface area contributed by atoms with E-state index in [4.69, 9.17) is 4.74 Å². The van der Waals surface area contributed by atoms with Crippen molar-refractivity contribution in [3.8, 4) is 0 Å². The summed E-state index contributed by atoms with van der Waals surface area (Å²) < 4.78 is 5.07. The minimum absolute atomic E-state index is 0.198. The molecule has 0 bridgehead atoms. The first-order valence-electron chi connectivity index (χ1n) is 5.02. The summed E-state index contributed by atoms with van der Waals surface area (Å²) >= 11 is 0. The quantitative estimate of drug-likeness (QED) is 0.533. The highest BCUT2D eigenvalue weighted by Crippen LogP contribution is 2.10. The van der Waals surface area contributed by atoms with Gasteiger partial charge in [-0.25, -0.2) is 0 Å². The Morgan fingerprint density at radius 2 is 1.67 bits per heavy atom. The topological polar surface area (TPSA) is 9.23 Å². The Morgan fingerprint density at radius 3 is 2.17 bits per heavy atom. The fourth-order valence-electron chi connectivity index (χ4n) is 1.22. The molecule has 0 rings (SSSR count). The maximum Gasteiger partial charge on any atom is 0.0572 e. The van der Waals surface area contributed by atoms with E-state index < -0.39 is 0 Å². The van der Waals surface area contributed by atoms with Crippen molar-refractivity contribution in [2.45, 2.75) is 52.1 Å². The zero-order valence-electron chi connectivity index (χ0n) is 8.81. The van der Waals surface area contributed by atoms with Gasteiger partial charge in [-0.3, -0.25) is 0 Å². The van der Waals surface area contributed by atoms with Crippen LogP contribution in [0.5, 0.6) is 0 Å². The van der Waals surface area contributed by atoms with E-state index in [2.05, 4.69) is 20.8 Å². The Hall–Kier alpha value is -0.0400. The highest BCUT2D eigenvalue weighted by molar-refractivity contribution is 4.59. The molecule has 1 heteroatoms. The summed E-state index contributed by atoms with van der Waals surface area (Å²) in [6, 6.07) is 0. The van der Waals surface area contributed by atoms with Crippen LogP contribution in [0.15, 0.2) is 0 Å². The van der Waals surface area contributed by atoms with E-state index in [1.54, 1.807) is 7.11 Å². The van der Waals surface area contributed by atoms with Crippen molar-refractivity contribution in [3.63, 3.8) is 0 Å². The molecule has 0 spiro atoms. The van der Waals surface area contributed by atoms with E-state index in [-0.39, 0.29) is 6.10 Å². The minimum Gasteiger partial charge on any atom is -0.381 e. The van der Waals surface area contributed by atoms with E-state index in [1.807, 2.05) is 0 Å². The number of methoxy groups -OCH3 is 1. The van der Waals surface area contributed by atoms with Crippen LogP contribution in [0.25, 0.3) is 0 Å². The highest BCUT2D eigenvalue weighted by Gasteiger charge is 1.99. The lowest BCUT2D eigenvalue weighted by molar-refractivity contribution is 0.128. The average molecular weight is 171 g/mol. The van der Waals surface area contributed by atoms with Crippen molar-refractivity contribution in [3.05, 3.63) is 6.92 Å². The number of hydrogen-bond acceptors (Lipinski definition) is 1. The molecule has 0 aliphatic carbocycles. The Balaban J connectivity index is 3.00. The molecule has 0 saturated carbocycles. The van der Waals surface area contributed by atoms with Gasteiger partial charge in [-0.05, 0) is 19.3 Å². The average Bonchev–Trinajstić information content (AvgIpc) is 2.03. The van der Waals surface area contributed by atoms with Crippen LogP contribution in [-0.2, 0) is 4.74 Å². The Morgan fingerprint density at radius 1 is 1.08 bits per heavy atom. The van der Waals surface area contributed by atoms with Gasteiger partial charge in [-0.1, -0.05) is 39.5 Å². The van der Waals surface area contributed by atoms with Gasteiger partial charge in [-0.15, -0.1) is 0 Å². The largest absolute Gasteiger partial charge is 0.381 e. The van der Waals surface area contributed by atoms with Gasteiger partial charge < -0.3 is 4.74 Å². The van der Waals surface area contributed by atoms with Crippen molar-refractivity contribution >= 4 is 0 Å².